The lowest BCUT2D eigenvalue weighted by Gasteiger charge is -2.27. The number of rotatable bonds is 4. The summed E-state index contributed by atoms with van der Waals surface area (Å²) in [5.74, 6) is 0.733. The predicted octanol–water partition coefficient (Wildman–Crippen LogP) is 3.28. The average molecular weight is 252 g/mol. The van der Waals surface area contributed by atoms with Crippen LogP contribution >= 0.6 is 0 Å². The van der Waals surface area contributed by atoms with Gasteiger partial charge in [0.05, 0.1) is 5.56 Å². The van der Waals surface area contributed by atoms with Crippen molar-refractivity contribution in [3.63, 3.8) is 0 Å². The van der Waals surface area contributed by atoms with Crippen molar-refractivity contribution >= 4 is 11.6 Å². The predicted molar refractivity (Wildman–Crippen MR) is 75.4 cm³/mol. The molecule has 3 rings (SSSR count). The minimum absolute atomic E-state index is 0.0236. The van der Waals surface area contributed by atoms with Crippen molar-refractivity contribution in [3.8, 4) is 0 Å². The molecule has 3 heteroatoms. The first kappa shape index (κ1) is 11.9. The molecule has 1 aromatic heterocycles. The van der Waals surface area contributed by atoms with E-state index in [9.17, 15) is 4.79 Å². The fourth-order valence-corrected chi connectivity index (χ4v) is 2.19. The summed E-state index contributed by atoms with van der Waals surface area (Å²) in [6.45, 7) is 0. The highest BCUT2D eigenvalue weighted by atomic mass is 16.1. The van der Waals surface area contributed by atoms with Gasteiger partial charge < -0.3 is 5.32 Å². The van der Waals surface area contributed by atoms with Crippen LogP contribution in [0.5, 0.6) is 0 Å². The summed E-state index contributed by atoms with van der Waals surface area (Å²) in [6.07, 6.45) is 5.31. The Morgan fingerprint density at radius 1 is 1.11 bits per heavy atom. The Labute approximate surface area is 112 Å². The molecule has 3 nitrogen and oxygen atoms in total. The van der Waals surface area contributed by atoms with E-state index < -0.39 is 0 Å². The zero-order valence-corrected chi connectivity index (χ0v) is 10.7. The number of carbonyl (C=O) groups is 1. The maximum atomic E-state index is 12.5. The first-order valence-corrected chi connectivity index (χ1v) is 6.66. The molecular weight excluding hydrogens is 236 g/mol. The van der Waals surface area contributed by atoms with Crippen LogP contribution in [0.1, 0.15) is 35.2 Å². The van der Waals surface area contributed by atoms with Crippen LogP contribution < -0.4 is 5.32 Å². The second kappa shape index (κ2) is 5.22. The minimum atomic E-state index is 0.0236. The van der Waals surface area contributed by atoms with Gasteiger partial charge in [-0.3, -0.25) is 4.79 Å². The number of nitrogens with zero attached hydrogens (tertiary/aromatic N) is 1. The molecule has 0 unspecified atom stereocenters. The minimum Gasteiger partial charge on any atom is -0.367 e. The average Bonchev–Trinajstić information content (AvgIpc) is 2.43. The van der Waals surface area contributed by atoms with E-state index in [-0.39, 0.29) is 5.78 Å². The quantitative estimate of drug-likeness (QED) is 0.849. The van der Waals surface area contributed by atoms with E-state index in [0.29, 0.717) is 23.0 Å². The molecule has 1 aromatic carbocycles. The van der Waals surface area contributed by atoms with E-state index in [0.717, 1.165) is 12.8 Å². The Kier molecular flexibility index (Phi) is 3.27. The number of ketones is 1. The molecule has 0 spiro atoms. The summed E-state index contributed by atoms with van der Waals surface area (Å²) in [4.78, 5) is 16.8. The molecule has 19 heavy (non-hydrogen) atoms. The summed E-state index contributed by atoms with van der Waals surface area (Å²) < 4.78 is 0. The van der Waals surface area contributed by atoms with Crippen LogP contribution in [-0.2, 0) is 0 Å². The van der Waals surface area contributed by atoms with Crippen LogP contribution in [0.25, 0.3) is 0 Å². The lowest BCUT2D eigenvalue weighted by molar-refractivity contribution is 0.103. The zero-order valence-electron chi connectivity index (χ0n) is 10.7. The Morgan fingerprint density at radius 2 is 1.89 bits per heavy atom. The molecule has 1 fully saturated rings. The van der Waals surface area contributed by atoms with Crippen molar-refractivity contribution in [3.05, 3.63) is 59.8 Å². The molecule has 1 N–H and O–H groups in total. The van der Waals surface area contributed by atoms with Gasteiger partial charge in [-0.25, -0.2) is 4.98 Å². The largest absolute Gasteiger partial charge is 0.367 e. The van der Waals surface area contributed by atoms with Gasteiger partial charge in [0.1, 0.15) is 5.82 Å². The number of benzene rings is 1. The number of nitrogens with one attached hydrogen (secondary N) is 1. The van der Waals surface area contributed by atoms with Crippen molar-refractivity contribution in [2.24, 2.45) is 0 Å². The fraction of sp³-hybridized carbons (Fsp3) is 0.250. The molecular formula is C16H16N2O. The molecule has 2 aromatic rings. The summed E-state index contributed by atoms with van der Waals surface area (Å²) in [5, 5.41) is 3.37. The smallest absolute Gasteiger partial charge is 0.196 e. The third-order valence-corrected chi connectivity index (χ3v) is 3.53. The lowest BCUT2D eigenvalue weighted by Crippen LogP contribution is -2.28. The monoisotopic (exact) mass is 252 g/mol. The standard InChI is InChI=1S/C16H16N2O/c19-15(12-6-2-1-3-7-12)14-10-5-11-17-16(14)18-13-8-4-9-13/h1-3,5-7,10-11,13H,4,8-9H2,(H,17,18). The number of anilines is 1. The van der Waals surface area contributed by atoms with Crippen molar-refractivity contribution in [1.82, 2.24) is 4.98 Å². The number of carbonyl (C=O) groups excluding carboxylic acids is 1. The first-order chi connectivity index (χ1) is 9.34. The molecule has 0 radical (unpaired) electrons. The van der Waals surface area contributed by atoms with Crippen molar-refractivity contribution in [1.29, 1.82) is 0 Å². The number of hydrogen-bond acceptors (Lipinski definition) is 3. The summed E-state index contributed by atoms with van der Waals surface area (Å²) in [6, 6.07) is 13.5. The maximum Gasteiger partial charge on any atom is 0.196 e. The van der Waals surface area contributed by atoms with Crippen LogP contribution in [0.4, 0.5) is 5.82 Å². The molecule has 0 bridgehead atoms. The Balaban J connectivity index is 1.89. The highest BCUT2D eigenvalue weighted by Gasteiger charge is 2.21. The lowest BCUT2D eigenvalue weighted by atomic mass is 9.93. The number of aromatic nitrogens is 1. The van der Waals surface area contributed by atoms with Crippen LogP contribution in [-0.4, -0.2) is 16.8 Å². The van der Waals surface area contributed by atoms with Crippen LogP contribution in [0.2, 0.25) is 0 Å². The SMILES string of the molecule is O=C(c1ccccc1)c1cccnc1NC1CCC1. The molecule has 0 atom stereocenters. The van der Waals surface area contributed by atoms with Crippen molar-refractivity contribution in [2.75, 3.05) is 5.32 Å². The zero-order chi connectivity index (χ0) is 13.1. The normalized spacial score (nSPS) is 14.7. The first-order valence-electron chi connectivity index (χ1n) is 6.66. The number of pyridine rings is 1. The van der Waals surface area contributed by atoms with E-state index in [2.05, 4.69) is 10.3 Å². The molecule has 0 aliphatic heterocycles. The fourth-order valence-electron chi connectivity index (χ4n) is 2.19. The van der Waals surface area contributed by atoms with E-state index in [1.807, 2.05) is 42.5 Å². The third kappa shape index (κ3) is 2.50. The third-order valence-electron chi connectivity index (χ3n) is 3.53. The van der Waals surface area contributed by atoms with Gasteiger partial charge >= 0.3 is 0 Å². The van der Waals surface area contributed by atoms with Gasteiger partial charge in [0.2, 0.25) is 0 Å². The second-order valence-electron chi connectivity index (χ2n) is 4.87. The molecule has 0 saturated heterocycles. The van der Waals surface area contributed by atoms with E-state index in [1.165, 1.54) is 6.42 Å². The Morgan fingerprint density at radius 3 is 2.58 bits per heavy atom. The van der Waals surface area contributed by atoms with E-state index in [1.54, 1.807) is 6.20 Å². The topological polar surface area (TPSA) is 42.0 Å². The van der Waals surface area contributed by atoms with Gasteiger partial charge in [0.15, 0.2) is 5.78 Å². The van der Waals surface area contributed by atoms with E-state index >= 15 is 0 Å². The van der Waals surface area contributed by atoms with Gasteiger partial charge in [-0.1, -0.05) is 30.3 Å². The van der Waals surface area contributed by atoms with Gasteiger partial charge in [-0.2, -0.15) is 0 Å². The Bertz CT molecular complexity index is 576. The van der Waals surface area contributed by atoms with Crippen LogP contribution in [0, 0.1) is 0 Å². The van der Waals surface area contributed by atoms with Gasteiger partial charge in [0, 0.05) is 17.8 Å². The van der Waals surface area contributed by atoms with Gasteiger partial charge in [0.25, 0.3) is 0 Å². The van der Waals surface area contributed by atoms with Crippen LogP contribution in [0.3, 0.4) is 0 Å². The molecule has 1 aliphatic carbocycles. The second-order valence-corrected chi connectivity index (χ2v) is 4.87. The molecule has 1 heterocycles. The summed E-state index contributed by atoms with van der Waals surface area (Å²) in [7, 11) is 0. The molecule has 96 valence electrons. The van der Waals surface area contributed by atoms with Crippen molar-refractivity contribution in [2.45, 2.75) is 25.3 Å². The van der Waals surface area contributed by atoms with Crippen molar-refractivity contribution < 1.29 is 4.79 Å². The molecule has 1 aliphatic rings. The van der Waals surface area contributed by atoms with E-state index in [4.69, 9.17) is 0 Å². The molecule has 0 amide bonds. The Hall–Kier alpha value is -2.16. The molecule has 1 saturated carbocycles. The number of hydrogen-bond donors (Lipinski definition) is 1. The highest BCUT2D eigenvalue weighted by Crippen LogP contribution is 2.25. The van der Waals surface area contributed by atoms with Crippen LogP contribution in [0.15, 0.2) is 48.7 Å². The van der Waals surface area contributed by atoms with Gasteiger partial charge in [-0.05, 0) is 31.4 Å². The summed E-state index contributed by atoms with van der Waals surface area (Å²) in [5.41, 5.74) is 1.35. The van der Waals surface area contributed by atoms with Gasteiger partial charge in [-0.15, -0.1) is 0 Å². The maximum absolute atomic E-state index is 12.5. The highest BCUT2D eigenvalue weighted by molar-refractivity contribution is 6.11. The summed E-state index contributed by atoms with van der Waals surface area (Å²) >= 11 is 0.